The van der Waals surface area contributed by atoms with Gasteiger partial charge in [-0.05, 0) is 36.3 Å². The quantitative estimate of drug-likeness (QED) is 0.355. The van der Waals surface area contributed by atoms with Gasteiger partial charge in [0.2, 0.25) is 17.7 Å². The number of alkyl halides is 1. The third kappa shape index (κ3) is 6.92. The molecule has 2 heterocycles. The minimum Gasteiger partial charge on any atom is -0.391 e. The Hall–Kier alpha value is -3.38. The molecule has 4 N–H and O–H groups in total. The molecule has 4 amide bonds. The molecule has 1 aliphatic carbocycles. The largest absolute Gasteiger partial charge is 0.391 e. The highest BCUT2D eigenvalue weighted by atomic mass is 32.1. The highest BCUT2D eigenvalue weighted by Crippen LogP contribution is 2.40. The van der Waals surface area contributed by atoms with Gasteiger partial charge in [0.05, 0.1) is 34.6 Å². The highest BCUT2D eigenvalue weighted by molar-refractivity contribution is 7.13. The average molecular weight is 588 g/mol. The Morgan fingerprint density at radius 1 is 1.17 bits per heavy atom. The summed E-state index contributed by atoms with van der Waals surface area (Å²) in [6.07, 6.45) is -0.791. The molecule has 1 saturated carbocycles. The van der Waals surface area contributed by atoms with Gasteiger partial charge in [0.25, 0.3) is 5.91 Å². The first-order chi connectivity index (χ1) is 19.2. The Bertz CT molecular complexity index is 1300. The van der Waals surface area contributed by atoms with Gasteiger partial charge in [0.1, 0.15) is 12.1 Å². The first kappa shape index (κ1) is 30.6. The molecule has 12 heteroatoms. The summed E-state index contributed by atoms with van der Waals surface area (Å²) >= 11 is 1.52. The lowest BCUT2D eigenvalue weighted by Gasteiger charge is -2.36. The maximum Gasteiger partial charge on any atom is 0.258 e. The van der Waals surface area contributed by atoms with Crippen molar-refractivity contribution in [2.24, 2.45) is 5.41 Å². The van der Waals surface area contributed by atoms with E-state index >= 15 is 0 Å². The van der Waals surface area contributed by atoms with Gasteiger partial charge in [-0.15, -0.1) is 11.3 Å². The second-order valence-electron chi connectivity index (χ2n) is 12.0. The Kier molecular flexibility index (Phi) is 8.84. The van der Waals surface area contributed by atoms with Gasteiger partial charge >= 0.3 is 0 Å². The van der Waals surface area contributed by atoms with Crippen LogP contribution in [0.15, 0.2) is 29.8 Å². The Morgan fingerprint density at radius 3 is 2.37 bits per heavy atom. The van der Waals surface area contributed by atoms with E-state index in [9.17, 15) is 28.7 Å². The van der Waals surface area contributed by atoms with E-state index in [1.165, 1.54) is 23.3 Å². The van der Waals surface area contributed by atoms with Crippen LogP contribution in [0.2, 0.25) is 0 Å². The molecule has 222 valence electrons. The van der Waals surface area contributed by atoms with E-state index in [2.05, 4.69) is 20.9 Å². The zero-order valence-electron chi connectivity index (χ0n) is 24.0. The van der Waals surface area contributed by atoms with Crippen LogP contribution in [0.25, 0.3) is 10.4 Å². The number of carbonyl (C=O) groups excluding carboxylic acids is 4. The Balaban J connectivity index is 1.54. The predicted molar refractivity (Wildman–Crippen MR) is 152 cm³/mol. The van der Waals surface area contributed by atoms with Gasteiger partial charge in [-0.1, -0.05) is 45.0 Å². The summed E-state index contributed by atoms with van der Waals surface area (Å²) in [4.78, 5) is 58.8. The van der Waals surface area contributed by atoms with Crippen LogP contribution in [0.4, 0.5) is 4.39 Å². The summed E-state index contributed by atoms with van der Waals surface area (Å²) in [5.74, 6) is -2.23. The fourth-order valence-corrected chi connectivity index (χ4v) is 5.78. The zero-order valence-corrected chi connectivity index (χ0v) is 24.8. The van der Waals surface area contributed by atoms with Crippen LogP contribution >= 0.6 is 11.3 Å². The fraction of sp³-hybridized carbons (Fsp3) is 0.552. The number of hydrogen-bond donors (Lipinski definition) is 4. The van der Waals surface area contributed by atoms with Gasteiger partial charge < -0.3 is 26.0 Å². The first-order valence-corrected chi connectivity index (χ1v) is 14.6. The minimum atomic E-state index is -1.97. The third-order valence-corrected chi connectivity index (χ3v) is 8.63. The Labute approximate surface area is 243 Å². The molecule has 2 aromatic rings. The van der Waals surface area contributed by atoms with Gasteiger partial charge in [-0.3, -0.25) is 19.2 Å². The van der Waals surface area contributed by atoms with Crippen LogP contribution in [0, 0.1) is 12.3 Å². The topological polar surface area (TPSA) is 141 Å². The number of halogens is 1. The van der Waals surface area contributed by atoms with Gasteiger partial charge in [0.15, 0.2) is 5.67 Å². The molecule has 0 spiro atoms. The molecule has 4 atom stereocenters. The molecule has 1 saturated heterocycles. The minimum absolute atomic E-state index is 0.00822. The molecule has 0 unspecified atom stereocenters. The number of carbonyl (C=O) groups is 4. The van der Waals surface area contributed by atoms with E-state index in [1.807, 2.05) is 31.2 Å². The smallest absolute Gasteiger partial charge is 0.258 e. The summed E-state index contributed by atoms with van der Waals surface area (Å²) in [5, 5.41) is 18.5. The summed E-state index contributed by atoms with van der Waals surface area (Å²) < 4.78 is 14.4. The van der Waals surface area contributed by atoms with Crippen molar-refractivity contribution in [3.63, 3.8) is 0 Å². The third-order valence-electron chi connectivity index (χ3n) is 7.65. The van der Waals surface area contributed by atoms with Gasteiger partial charge in [-0.25, -0.2) is 9.37 Å². The summed E-state index contributed by atoms with van der Waals surface area (Å²) in [6, 6.07) is 4.65. The van der Waals surface area contributed by atoms with E-state index < -0.39 is 53.0 Å². The van der Waals surface area contributed by atoms with Crippen LogP contribution in [0.3, 0.4) is 0 Å². The van der Waals surface area contributed by atoms with Crippen molar-refractivity contribution >= 4 is 35.0 Å². The normalized spacial score (nSPS) is 21.1. The molecule has 10 nitrogen and oxygen atoms in total. The van der Waals surface area contributed by atoms with E-state index in [0.717, 1.165) is 16.1 Å². The number of amides is 4. The molecule has 0 bridgehead atoms. The van der Waals surface area contributed by atoms with Crippen LogP contribution < -0.4 is 16.0 Å². The van der Waals surface area contributed by atoms with Crippen molar-refractivity contribution in [1.82, 2.24) is 25.8 Å². The highest BCUT2D eigenvalue weighted by Gasteiger charge is 2.53. The number of aliphatic hydroxyl groups is 1. The summed E-state index contributed by atoms with van der Waals surface area (Å²) in [6.45, 7) is 7.04. The molecule has 0 radical (unpaired) electrons. The van der Waals surface area contributed by atoms with Crippen molar-refractivity contribution < 1.29 is 28.7 Å². The molecular weight excluding hydrogens is 549 g/mol. The second-order valence-corrected chi connectivity index (χ2v) is 12.8. The fourth-order valence-electron chi connectivity index (χ4n) is 4.97. The molecule has 2 aliphatic rings. The summed E-state index contributed by atoms with van der Waals surface area (Å²) in [7, 11) is 1.51. The molecule has 1 aliphatic heterocycles. The van der Waals surface area contributed by atoms with E-state index in [-0.39, 0.29) is 38.1 Å². The lowest BCUT2D eigenvalue weighted by atomic mass is 9.85. The van der Waals surface area contributed by atoms with Gasteiger partial charge in [-0.2, -0.15) is 0 Å². The number of aryl methyl sites for hydroxylation is 1. The lowest BCUT2D eigenvalue weighted by Crippen LogP contribution is -2.59. The maximum absolute atomic E-state index is 14.4. The Morgan fingerprint density at radius 2 is 1.83 bits per heavy atom. The van der Waals surface area contributed by atoms with E-state index in [4.69, 9.17) is 0 Å². The number of aromatic nitrogens is 1. The number of nitrogens with zero attached hydrogens (tertiary/aromatic N) is 2. The van der Waals surface area contributed by atoms with Crippen LogP contribution in [0.1, 0.15) is 63.8 Å². The second kappa shape index (κ2) is 11.8. The lowest BCUT2D eigenvalue weighted by molar-refractivity contribution is -0.145. The molecule has 4 rings (SSSR count). The summed E-state index contributed by atoms with van der Waals surface area (Å²) in [5.41, 5.74) is 1.59. The number of rotatable bonds is 9. The number of β-amino-alcohol motifs (C(OH)–C–C–N with tert-alkyl or cyclic N) is 1. The molecule has 1 aromatic heterocycles. The average Bonchev–Trinajstić information content (AvgIpc) is 3.33. The molecule has 2 fully saturated rings. The standard InChI is InChI=1S/C29H38FN5O5S/c1-16-23(41-15-32-16)18-8-6-17(7-9-18)20(13-22(37)31-5)33-25(38)21-12-19(36)14-35(21)26(39)24(28(2,3)4)34-27(40)29(30)10-11-29/h6-9,15,19-21,24,36H,10-14H2,1-5H3,(H,31,37)(H,33,38)(H,34,40)/t19-,20+,21+,24-/m1/s1. The number of hydrogen-bond acceptors (Lipinski definition) is 7. The molecule has 41 heavy (non-hydrogen) atoms. The van der Waals surface area contributed by atoms with Crippen molar-refractivity contribution in [3.05, 3.63) is 41.0 Å². The SMILES string of the molecule is CNC(=O)C[C@H](NC(=O)[C@@H]1C[C@@H](O)CN1C(=O)[C@@H](NC(=O)C1(F)CC1)C(C)(C)C)c1ccc(-c2scnc2C)cc1. The predicted octanol–water partition coefficient (Wildman–Crippen LogP) is 2.41. The van der Waals surface area contributed by atoms with E-state index in [0.29, 0.717) is 5.56 Å². The monoisotopic (exact) mass is 587 g/mol. The number of nitrogens with one attached hydrogen (secondary N) is 3. The first-order valence-electron chi connectivity index (χ1n) is 13.7. The van der Waals surface area contributed by atoms with Crippen molar-refractivity contribution in [2.45, 2.75) is 83.3 Å². The van der Waals surface area contributed by atoms with Crippen LogP contribution in [0.5, 0.6) is 0 Å². The molecule has 1 aromatic carbocycles. The van der Waals surface area contributed by atoms with Crippen molar-refractivity contribution in [1.29, 1.82) is 0 Å². The maximum atomic E-state index is 14.4. The number of aliphatic hydroxyl groups excluding tert-OH is 1. The molecular formula is C29H38FN5O5S. The van der Waals surface area contributed by atoms with E-state index in [1.54, 1.807) is 26.3 Å². The number of thiazole rings is 1. The van der Waals surface area contributed by atoms with Crippen LogP contribution in [-0.2, 0) is 19.2 Å². The number of likely N-dealkylation sites (tertiary alicyclic amines) is 1. The number of benzene rings is 1. The zero-order chi connectivity index (χ0) is 30.1. The van der Waals surface area contributed by atoms with Gasteiger partial charge in [0, 0.05) is 20.0 Å². The van der Waals surface area contributed by atoms with Crippen LogP contribution in [-0.4, -0.2) is 76.1 Å². The van der Waals surface area contributed by atoms with Crippen molar-refractivity contribution in [3.8, 4) is 10.4 Å². The van der Waals surface area contributed by atoms with Crippen molar-refractivity contribution in [2.75, 3.05) is 13.6 Å².